The van der Waals surface area contributed by atoms with E-state index in [1.54, 1.807) is 0 Å². The number of para-hydroxylation sites is 1. The highest BCUT2D eigenvalue weighted by atomic mass is 32.1. The van der Waals surface area contributed by atoms with Crippen molar-refractivity contribution in [3.63, 3.8) is 0 Å². The van der Waals surface area contributed by atoms with Gasteiger partial charge in [-0.25, -0.2) is 0 Å². The minimum Gasteiger partial charge on any atom is -0.456 e. The molecule has 2 heterocycles. The smallest absolute Gasteiger partial charge is 0.136 e. The maximum atomic E-state index is 6.24. The molecule has 0 saturated carbocycles. The highest BCUT2D eigenvalue weighted by molar-refractivity contribution is 7.25. The number of thiophene rings is 1. The molecular formula is C52H33NOS. The lowest BCUT2D eigenvalue weighted by molar-refractivity contribution is 0.669. The second-order valence-electron chi connectivity index (χ2n) is 14.1. The Bertz CT molecular complexity index is 3210. The van der Waals surface area contributed by atoms with Gasteiger partial charge in [0.25, 0.3) is 0 Å². The first-order valence-electron chi connectivity index (χ1n) is 18.7. The topological polar surface area (TPSA) is 16.4 Å². The van der Waals surface area contributed by atoms with Crippen LogP contribution in [0.4, 0.5) is 17.1 Å². The average molecular weight is 720 g/mol. The van der Waals surface area contributed by atoms with Gasteiger partial charge in [0.05, 0.1) is 0 Å². The van der Waals surface area contributed by atoms with E-state index in [2.05, 4.69) is 193 Å². The van der Waals surface area contributed by atoms with Crippen LogP contribution in [0.5, 0.6) is 0 Å². The van der Waals surface area contributed by atoms with Crippen molar-refractivity contribution < 1.29 is 4.42 Å². The second kappa shape index (κ2) is 12.9. The van der Waals surface area contributed by atoms with Gasteiger partial charge in [-0.1, -0.05) is 133 Å². The second-order valence-corrected chi connectivity index (χ2v) is 15.2. The van der Waals surface area contributed by atoms with E-state index in [4.69, 9.17) is 4.42 Å². The van der Waals surface area contributed by atoms with Gasteiger partial charge >= 0.3 is 0 Å². The Morgan fingerprint density at radius 3 is 1.80 bits per heavy atom. The summed E-state index contributed by atoms with van der Waals surface area (Å²) in [5, 5.41) is 7.40. The van der Waals surface area contributed by atoms with Crippen molar-refractivity contribution in [2.45, 2.75) is 0 Å². The van der Waals surface area contributed by atoms with Crippen LogP contribution < -0.4 is 4.90 Å². The van der Waals surface area contributed by atoms with Crippen LogP contribution in [0.1, 0.15) is 0 Å². The fourth-order valence-corrected chi connectivity index (χ4v) is 9.38. The monoisotopic (exact) mass is 719 g/mol. The van der Waals surface area contributed by atoms with E-state index in [9.17, 15) is 0 Å². The highest BCUT2D eigenvalue weighted by Crippen LogP contribution is 2.43. The van der Waals surface area contributed by atoms with Crippen LogP contribution in [-0.4, -0.2) is 0 Å². The predicted molar refractivity (Wildman–Crippen MR) is 235 cm³/mol. The van der Waals surface area contributed by atoms with Crippen LogP contribution in [0.2, 0.25) is 0 Å². The average Bonchev–Trinajstić information content (AvgIpc) is 3.83. The molecule has 9 aromatic carbocycles. The number of fused-ring (bicyclic) bond motifs is 7. The van der Waals surface area contributed by atoms with Crippen molar-refractivity contribution in [3.8, 4) is 33.4 Å². The zero-order valence-electron chi connectivity index (χ0n) is 29.8. The zero-order chi connectivity index (χ0) is 36.3. The minimum atomic E-state index is 0.904. The summed E-state index contributed by atoms with van der Waals surface area (Å²) in [6.07, 6.45) is 0. The summed E-state index contributed by atoms with van der Waals surface area (Å²) in [4.78, 5) is 2.37. The first kappa shape index (κ1) is 31.6. The van der Waals surface area contributed by atoms with E-state index < -0.39 is 0 Å². The molecule has 0 unspecified atom stereocenters. The summed E-state index contributed by atoms with van der Waals surface area (Å²) in [6.45, 7) is 0. The molecule has 2 aromatic heterocycles. The number of hydrogen-bond acceptors (Lipinski definition) is 3. The molecule has 0 saturated heterocycles. The molecule has 3 heteroatoms. The molecule has 0 aliphatic rings. The summed E-state index contributed by atoms with van der Waals surface area (Å²) in [7, 11) is 0. The van der Waals surface area contributed by atoms with Crippen molar-refractivity contribution in [1.82, 2.24) is 0 Å². The molecule has 11 rings (SSSR count). The lowest BCUT2D eigenvalue weighted by Gasteiger charge is -2.26. The Morgan fingerprint density at radius 1 is 0.345 bits per heavy atom. The number of rotatable bonds is 6. The largest absolute Gasteiger partial charge is 0.456 e. The maximum Gasteiger partial charge on any atom is 0.136 e. The molecule has 0 aliphatic carbocycles. The van der Waals surface area contributed by atoms with Gasteiger partial charge in [-0.3, -0.25) is 0 Å². The Hall–Kier alpha value is -6.94. The molecule has 0 N–H and O–H groups in total. The van der Waals surface area contributed by atoms with Crippen LogP contribution >= 0.6 is 11.3 Å². The number of anilines is 3. The van der Waals surface area contributed by atoms with Gasteiger partial charge in [0.1, 0.15) is 11.2 Å². The van der Waals surface area contributed by atoms with Crippen molar-refractivity contribution in [2.24, 2.45) is 0 Å². The zero-order valence-corrected chi connectivity index (χ0v) is 30.6. The van der Waals surface area contributed by atoms with Crippen LogP contribution in [0.15, 0.2) is 205 Å². The van der Waals surface area contributed by atoms with E-state index in [0.29, 0.717) is 0 Å². The standard InChI is InChI=1S/C52H33NOS/c1-2-11-37-32-38(23-22-34(37)10-1)35-24-28-40(29-25-35)53(41-30-26-36(27-31-41)43-16-8-19-48-51(43)45-14-3-5-18-47(45)54-48)42-13-7-12-39(33-42)44-17-9-21-50-52(44)46-15-4-6-20-49(46)55-50/h1-33H. The quantitative estimate of drug-likeness (QED) is 0.170. The molecular weight excluding hydrogens is 687 g/mol. The molecule has 2 nitrogen and oxygen atoms in total. The van der Waals surface area contributed by atoms with Gasteiger partial charge in [0, 0.05) is 48.0 Å². The molecule has 0 atom stereocenters. The number of hydrogen-bond donors (Lipinski definition) is 0. The van der Waals surface area contributed by atoms with Crippen LogP contribution in [0, 0.1) is 0 Å². The lowest BCUT2D eigenvalue weighted by Crippen LogP contribution is -2.10. The molecule has 0 spiro atoms. The first-order chi connectivity index (χ1) is 27.2. The molecule has 0 radical (unpaired) electrons. The van der Waals surface area contributed by atoms with E-state index >= 15 is 0 Å². The molecule has 0 bridgehead atoms. The molecule has 258 valence electrons. The Morgan fingerprint density at radius 2 is 0.964 bits per heavy atom. The fraction of sp³-hybridized carbons (Fsp3) is 0. The molecule has 0 fully saturated rings. The number of furan rings is 1. The molecule has 0 amide bonds. The Labute approximate surface area is 322 Å². The predicted octanol–water partition coefficient (Wildman–Crippen LogP) is 15.6. The third-order valence-electron chi connectivity index (χ3n) is 10.9. The van der Waals surface area contributed by atoms with Gasteiger partial charge < -0.3 is 9.32 Å². The first-order valence-corrected chi connectivity index (χ1v) is 19.5. The summed E-state index contributed by atoms with van der Waals surface area (Å²) >= 11 is 1.86. The Balaban J connectivity index is 1.04. The van der Waals surface area contributed by atoms with Gasteiger partial charge in [-0.15, -0.1) is 11.3 Å². The minimum absolute atomic E-state index is 0.904. The Kier molecular flexibility index (Phi) is 7.39. The van der Waals surface area contributed by atoms with Crippen LogP contribution in [-0.2, 0) is 0 Å². The molecule has 55 heavy (non-hydrogen) atoms. The van der Waals surface area contributed by atoms with Crippen LogP contribution in [0.25, 0.3) is 86.3 Å². The van der Waals surface area contributed by atoms with Gasteiger partial charge in [-0.05, 0) is 111 Å². The highest BCUT2D eigenvalue weighted by Gasteiger charge is 2.18. The number of nitrogens with zero attached hydrogens (tertiary/aromatic N) is 1. The number of benzene rings is 9. The fourth-order valence-electron chi connectivity index (χ4n) is 8.25. The summed E-state index contributed by atoms with van der Waals surface area (Å²) in [5.41, 5.74) is 12.2. The summed E-state index contributed by atoms with van der Waals surface area (Å²) in [6, 6.07) is 72.3. The van der Waals surface area contributed by atoms with Crippen molar-refractivity contribution in [2.75, 3.05) is 4.90 Å². The maximum absolute atomic E-state index is 6.24. The van der Waals surface area contributed by atoms with E-state index in [1.165, 1.54) is 58.8 Å². The van der Waals surface area contributed by atoms with E-state index in [0.717, 1.165) is 44.6 Å². The van der Waals surface area contributed by atoms with Crippen molar-refractivity contribution in [3.05, 3.63) is 200 Å². The van der Waals surface area contributed by atoms with Crippen molar-refractivity contribution >= 4 is 81.3 Å². The van der Waals surface area contributed by atoms with Gasteiger partial charge in [-0.2, -0.15) is 0 Å². The molecule has 11 aromatic rings. The van der Waals surface area contributed by atoms with E-state index in [-0.39, 0.29) is 0 Å². The van der Waals surface area contributed by atoms with E-state index in [1.807, 2.05) is 23.5 Å². The normalized spacial score (nSPS) is 11.6. The summed E-state index contributed by atoms with van der Waals surface area (Å²) in [5.74, 6) is 0. The van der Waals surface area contributed by atoms with Gasteiger partial charge in [0.15, 0.2) is 0 Å². The lowest BCUT2D eigenvalue weighted by atomic mass is 9.98. The third-order valence-corrected chi connectivity index (χ3v) is 12.0. The van der Waals surface area contributed by atoms with Crippen molar-refractivity contribution in [1.29, 1.82) is 0 Å². The van der Waals surface area contributed by atoms with Gasteiger partial charge in [0.2, 0.25) is 0 Å². The SMILES string of the molecule is c1cc(-c2cccc3sc4ccccc4c23)cc(N(c2ccc(-c3ccc4ccccc4c3)cc2)c2ccc(-c3cccc4oc5ccccc5c34)cc2)c1. The summed E-state index contributed by atoms with van der Waals surface area (Å²) < 4.78 is 8.86. The van der Waals surface area contributed by atoms with Crippen LogP contribution in [0.3, 0.4) is 0 Å². The third kappa shape index (κ3) is 5.40. The molecule has 0 aliphatic heterocycles.